The van der Waals surface area contributed by atoms with Crippen LogP contribution < -0.4 is 0 Å². The molecule has 6 aromatic rings. The van der Waals surface area contributed by atoms with Crippen LogP contribution in [0.3, 0.4) is 0 Å². The molecule has 1 radical (unpaired) electrons. The van der Waals surface area contributed by atoms with E-state index in [9.17, 15) is 0 Å². The molecule has 6 rings (SSSR count). The maximum absolute atomic E-state index is 6.24. The van der Waals surface area contributed by atoms with Gasteiger partial charge in [0.25, 0.3) is 0 Å². The number of furan rings is 1. The number of imidazole rings is 1. The first-order chi connectivity index (χ1) is 13.9. The van der Waals surface area contributed by atoms with Crippen molar-refractivity contribution in [2.45, 2.75) is 0 Å². The molecule has 2 aromatic heterocycles. The van der Waals surface area contributed by atoms with Gasteiger partial charge in [0.1, 0.15) is 5.58 Å². The molecular weight excluding hydrogens is 537 g/mol. The van der Waals surface area contributed by atoms with Gasteiger partial charge in [0.2, 0.25) is 0 Å². The largest absolute Gasteiger partial charge is 0.501 e. The van der Waals surface area contributed by atoms with Crippen LogP contribution in [0, 0.1) is 6.07 Å². The first-order valence-electron chi connectivity index (χ1n) is 9.25. The number of para-hydroxylation sites is 4. The molecule has 29 heavy (non-hydrogen) atoms. The summed E-state index contributed by atoms with van der Waals surface area (Å²) >= 11 is 0. The topological polar surface area (TPSA) is 31.0 Å². The van der Waals surface area contributed by atoms with Crippen LogP contribution in [0.2, 0.25) is 0 Å². The van der Waals surface area contributed by atoms with Crippen molar-refractivity contribution < 1.29 is 24.5 Å². The average Bonchev–Trinajstić information content (AvgIpc) is 3.33. The minimum absolute atomic E-state index is 0. The van der Waals surface area contributed by atoms with Gasteiger partial charge in [0.05, 0.1) is 22.4 Å². The number of nitrogens with zero attached hydrogens (tertiary/aromatic N) is 2. The van der Waals surface area contributed by atoms with E-state index in [-0.39, 0.29) is 20.1 Å². The van der Waals surface area contributed by atoms with Gasteiger partial charge in [0, 0.05) is 31.2 Å². The molecule has 0 spiro atoms. The van der Waals surface area contributed by atoms with E-state index >= 15 is 0 Å². The molecule has 0 aliphatic carbocycles. The molecule has 0 amide bonds. The molecule has 0 N–H and O–H groups in total. The zero-order valence-corrected chi connectivity index (χ0v) is 17.7. The fraction of sp³-hybridized carbons (Fsp3) is 0. The van der Waals surface area contributed by atoms with Crippen LogP contribution in [0.5, 0.6) is 0 Å². The Kier molecular flexibility index (Phi) is 4.31. The number of hydrogen-bond acceptors (Lipinski definition) is 2. The molecule has 0 saturated carbocycles. The van der Waals surface area contributed by atoms with E-state index in [0.717, 1.165) is 50.0 Å². The van der Waals surface area contributed by atoms with E-state index < -0.39 is 0 Å². The predicted molar refractivity (Wildman–Crippen MR) is 113 cm³/mol. The van der Waals surface area contributed by atoms with E-state index in [2.05, 4.69) is 41.0 Å². The summed E-state index contributed by atoms with van der Waals surface area (Å²) in [7, 11) is 0. The number of rotatable bonds is 2. The summed E-state index contributed by atoms with van der Waals surface area (Å²) in [5.74, 6) is 0.831. The molecule has 2 heterocycles. The first kappa shape index (κ1) is 17.9. The number of benzene rings is 4. The van der Waals surface area contributed by atoms with E-state index in [4.69, 9.17) is 9.40 Å². The first-order valence-corrected chi connectivity index (χ1v) is 9.25. The zero-order valence-electron chi connectivity index (χ0n) is 15.3. The van der Waals surface area contributed by atoms with E-state index in [1.54, 1.807) is 0 Å². The fourth-order valence-electron chi connectivity index (χ4n) is 3.89. The Morgan fingerprint density at radius 2 is 1.52 bits per heavy atom. The Morgan fingerprint density at radius 3 is 2.41 bits per heavy atom. The number of hydrogen-bond donors (Lipinski definition) is 0. The zero-order chi connectivity index (χ0) is 18.5. The van der Waals surface area contributed by atoms with Crippen molar-refractivity contribution in [3.05, 3.63) is 97.1 Å². The SMILES string of the molecule is [Ir].[c-]1ccc2c(oc3ccccc32)c1-c1nc2ccccc2n1-c1ccccc1. The van der Waals surface area contributed by atoms with Crippen molar-refractivity contribution in [3.8, 4) is 17.1 Å². The van der Waals surface area contributed by atoms with E-state index in [1.165, 1.54) is 0 Å². The quantitative estimate of drug-likeness (QED) is 0.234. The van der Waals surface area contributed by atoms with Crippen molar-refractivity contribution in [1.82, 2.24) is 9.55 Å². The van der Waals surface area contributed by atoms with Crippen LogP contribution in [-0.2, 0) is 20.1 Å². The van der Waals surface area contributed by atoms with Crippen LogP contribution >= 0.6 is 0 Å². The maximum Gasteiger partial charge on any atom is 0.120 e. The summed E-state index contributed by atoms with van der Waals surface area (Å²) in [5.41, 5.74) is 5.63. The Morgan fingerprint density at radius 1 is 0.759 bits per heavy atom. The van der Waals surface area contributed by atoms with Crippen molar-refractivity contribution in [2.75, 3.05) is 0 Å². The summed E-state index contributed by atoms with van der Waals surface area (Å²) in [6, 6.07) is 34.0. The number of fused-ring (bicyclic) bond motifs is 4. The molecule has 0 aliphatic heterocycles. The maximum atomic E-state index is 6.24. The molecule has 3 nitrogen and oxygen atoms in total. The predicted octanol–water partition coefficient (Wildman–Crippen LogP) is 6.39. The van der Waals surface area contributed by atoms with Crippen molar-refractivity contribution in [3.63, 3.8) is 0 Å². The van der Waals surface area contributed by atoms with E-state index in [1.807, 2.05) is 60.7 Å². The standard InChI is InChI=1S/C25H15N2O.Ir/c1-2-9-17(10-3-1)27-22-15-6-5-14-21(22)26-25(27)20-13-8-12-19-18-11-4-7-16-23(18)28-24(19)20;/h1-12,14-16H;/q-1;. The second-order valence-corrected chi connectivity index (χ2v) is 6.79. The number of aromatic nitrogens is 2. The average molecular weight is 552 g/mol. The molecule has 0 fully saturated rings. The summed E-state index contributed by atoms with van der Waals surface area (Å²) in [5, 5.41) is 2.19. The van der Waals surface area contributed by atoms with E-state index in [0.29, 0.717) is 0 Å². The molecule has 4 heteroatoms. The third-order valence-electron chi connectivity index (χ3n) is 5.14. The van der Waals surface area contributed by atoms with Gasteiger partial charge >= 0.3 is 0 Å². The summed E-state index contributed by atoms with van der Waals surface area (Å²) in [4.78, 5) is 4.95. The van der Waals surface area contributed by atoms with Gasteiger partial charge in [-0.3, -0.25) is 4.98 Å². The van der Waals surface area contributed by atoms with Crippen LogP contribution in [0.15, 0.2) is 95.4 Å². The third-order valence-corrected chi connectivity index (χ3v) is 5.14. The Labute approximate surface area is 181 Å². The van der Waals surface area contributed by atoms with Crippen molar-refractivity contribution in [1.29, 1.82) is 0 Å². The Balaban J connectivity index is 0.00000181. The summed E-state index contributed by atoms with van der Waals surface area (Å²) in [6.07, 6.45) is 0. The van der Waals surface area contributed by atoms with Crippen LogP contribution in [-0.4, -0.2) is 9.55 Å². The van der Waals surface area contributed by atoms with Gasteiger partial charge in [-0.15, -0.1) is 18.2 Å². The smallest absolute Gasteiger partial charge is 0.120 e. The Hall–Kier alpha value is -3.20. The molecule has 4 aromatic carbocycles. The molecule has 0 aliphatic rings. The second-order valence-electron chi connectivity index (χ2n) is 6.79. The molecular formula is C25H15IrN2O-. The van der Waals surface area contributed by atoms with Gasteiger partial charge in [0.15, 0.2) is 0 Å². The van der Waals surface area contributed by atoms with Gasteiger partial charge in [-0.2, -0.15) is 0 Å². The van der Waals surface area contributed by atoms with Gasteiger partial charge < -0.3 is 8.98 Å². The monoisotopic (exact) mass is 552 g/mol. The third kappa shape index (κ3) is 2.72. The molecule has 0 saturated heterocycles. The molecule has 0 unspecified atom stereocenters. The van der Waals surface area contributed by atoms with Gasteiger partial charge in [-0.05, 0) is 30.3 Å². The minimum atomic E-state index is 0. The minimum Gasteiger partial charge on any atom is -0.501 e. The summed E-state index contributed by atoms with van der Waals surface area (Å²) < 4.78 is 8.41. The second kappa shape index (κ2) is 7.00. The van der Waals surface area contributed by atoms with Gasteiger partial charge in [-0.25, -0.2) is 0 Å². The molecule has 0 atom stereocenters. The summed E-state index contributed by atoms with van der Waals surface area (Å²) in [6.45, 7) is 0. The van der Waals surface area contributed by atoms with Crippen LogP contribution in [0.25, 0.3) is 50.0 Å². The Bertz CT molecular complexity index is 1460. The van der Waals surface area contributed by atoms with Gasteiger partial charge in [-0.1, -0.05) is 59.5 Å². The van der Waals surface area contributed by atoms with Crippen LogP contribution in [0.1, 0.15) is 0 Å². The molecule has 0 bridgehead atoms. The van der Waals surface area contributed by atoms with Crippen molar-refractivity contribution in [2.24, 2.45) is 0 Å². The molecule has 141 valence electrons. The van der Waals surface area contributed by atoms with Crippen LogP contribution in [0.4, 0.5) is 0 Å². The van der Waals surface area contributed by atoms with Crippen molar-refractivity contribution >= 4 is 33.0 Å². The fourth-order valence-corrected chi connectivity index (χ4v) is 3.89. The normalized spacial score (nSPS) is 11.2.